The Bertz CT molecular complexity index is 624. The van der Waals surface area contributed by atoms with E-state index in [2.05, 4.69) is 15.2 Å². The normalized spacial score (nSPS) is 10.0. The molecule has 0 amide bonds. The van der Waals surface area contributed by atoms with Gasteiger partial charge in [0.25, 0.3) is 0 Å². The molecule has 8 heteroatoms. The van der Waals surface area contributed by atoms with Gasteiger partial charge in [0.2, 0.25) is 0 Å². The Kier molecular flexibility index (Phi) is 4.38. The maximum Gasteiger partial charge on any atom is 0.328 e. The van der Waals surface area contributed by atoms with Gasteiger partial charge in [0, 0.05) is 24.4 Å². The van der Waals surface area contributed by atoms with E-state index >= 15 is 0 Å². The summed E-state index contributed by atoms with van der Waals surface area (Å²) < 4.78 is 0. The molecule has 18 heavy (non-hydrogen) atoms. The van der Waals surface area contributed by atoms with Crippen LogP contribution >= 0.6 is 0 Å². The van der Waals surface area contributed by atoms with Crippen molar-refractivity contribution in [3.63, 3.8) is 0 Å². The lowest BCUT2D eigenvalue weighted by atomic mass is 10.3. The van der Waals surface area contributed by atoms with Crippen LogP contribution in [0.15, 0.2) is 35.4 Å². The number of rotatable bonds is 2. The van der Waals surface area contributed by atoms with Crippen molar-refractivity contribution in [3.8, 4) is 0 Å². The van der Waals surface area contributed by atoms with Gasteiger partial charge in [0.05, 0.1) is 11.6 Å². The first-order valence-electron chi connectivity index (χ1n) is 4.65. The lowest BCUT2D eigenvalue weighted by Gasteiger charge is -1.83. The van der Waals surface area contributed by atoms with Crippen LogP contribution in [0.25, 0.3) is 11.0 Å². The van der Waals surface area contributed by atoms with E-state index in [-0.39, 0.29) is 5.43 Å². The van der Waals surface area contributed by atoms with Crippen molar-refractivity contribution >= 4 is 23.0 Å². The monoisotopic (exact) mass is 251 g/mol. The molecule has 0 aromatic carbocycles. The van der Waals surface area contributed by atoms with Gasteiger partial charge in [0.1, 0.15) is 5.65 Å². The first-order chi connectivity index (χ1) is 8.50. The van der Waals surface area contributed by atoms with Crippen LogP contribution in [0.5, 0.6) is 0 Å². The predicted molar refractivity (Wildman–Crippen MR) is 61.1 cm³/mol. The fraction of sp³-hybridized carbons (Fsp3) is 0. The van der Waals surface area contributed by atoms with Gasteiger partial charge >= 0.3 is 11.9 Å². The Morgan fingerprint density at radius 1 is 1.22 bits per heavy atom. The summed E-state index contributed by atoms with van der Waals surface area (Å²) in [7, 11) is 0. The van der Waals surface area contributed by atoms with Crippen molar-refractivity contribution in [1.82, 2.24) is 15.2 Å². The van der Waals surface area contributed by atoms with Gasteiger partial charge in [-0.2, -0.15) is 5.10 Å². The molecule has 2 aromatic rings. The molecule has 0 bridgehead atoms. The molecule has 4 N–H and O–H groups in total. The Hall–Kier alpha value is -2.90. The summed E-state index contributed by atoms with van der Waals surface area (Å²) in [5, 5.41) is 22.6. The summed E-state index contributed by atoms with van der Waals surface area (Å²) in [4.78, 5) is 32.9. The molecule has 2 aromatic heterocycles. The fourth-order valence-corrected chi connectivity index (χ4v) is 1.02. The average Bonchev–Trinajstić information content (AvgIpc) is 2.77. The molecule has 0 saturated carbocycles. The highest BCUT2D eigenvalue weighted by Gasteiger charge is 1.95. The number of aliphatic carboxylic acids is 2. The Morgan fingerprint density at radius 3 is 2.33 bits per heavy atom. The molecule has 0 radical (unpaired) electrons. The number of nitrogens with one attached hydrogen (secondary N) is 2. The fourth-order valence-electron chi connectivity index (χ4n) is 1.02. The lowest BCUT2D eigenvalue weighted by Crippen LogP contribution is -1.97. The zero-order valence-electron chi connectivity index (χ0n) is 8.95. The first kappa shape index (κ1) is 13.2. The Morgan fingerprint density at radius 2 is 1.83 bits per heavy atom. The second kappa shape index (κ2) is 5.99. The summed E-state index contributed by atoms with van der Waals surface area (Å²) >= 11 is 0. The molecule has 0 saturated heterocycles. The second-order valence-electron chi connectivity index (χ2n) is 3.01. The third-order valence-corrected chi connectivity index (χ3v) is 1.74. The molecular weight excluding hydrogens is 242 g/mol. The number of pyridine rings is 1. The van der Waals surface area contributed by atoms with Crippen molar-refractivity contribution < 1.29 is 19.8 Å². The molecule has 0 aliphatic heterocycles. The van der Waals surface area contributed by atoms with Gasteiger partial charge in [-0.1, -0.05) is 0 Å². The first-order valence-corrected chi connectivity index (χ1v) is 4.65. The Labute approximate surface area is 99.6 Å². The zero-order valence-corrected chi connectivity index (χ0v) is 8.95. The summed E-state index contributed by atoms with van der Waals surface area (Å²) in [6, 6.07) is 1.47. The van der Waals surface area contributed by atoms with E-state index in [9.17, 15) is 14.4 Å². The highest BCUT2D eigenvalue weighted by molar-refractivity contribution is 5.89. The number of hydrogen-bond donors (Lipinski definition) is 4. The number of fused-ring (bicyclic) bond motifs is 1. The smallest absolute Gasteiger partial charge is 0.328 e. The number of carboxylic acids is 2. The maximum atomic E-state index is 11.0. The topological polar surface area (TPSA) is 136 Å². The third-order valence-electron chi connectivity index (χ3n) is 1.74. The van der Waals surface area contributed by atoms with Gasteiger partial charge in [-0.15, -0.1) is 0 Å². The highest BCUT2D eigenvalue weighted by Crippen LogP contribution is 1.97. The quantitative estimate of drug-likeness (QED) is 0.553. The predicted octanol–water partition coefficient (Wildman–Crippen LogP) is -0.0370. The molecule has 0 spiro atoms. The molecule has 94 valence electrons. The number of nitrogens with zero attached hydrogens (tertiary/aromatic N) is 1. The molecule has 0 aliphatic carbocycles. The molecule has 0 aliphatic rings. The summed E-state index contributed by atoms with van der Waals surface area (Å²) in [6.45, 7) is 0. The summed E-state index contributed by atoms with van der Waals surface area (Å²) in [5.41, 5.74) is 0.662. The molecule has 0 fully saturated rings. The molecule has 2 heterocycles. The van der Waals surface area contributed by atoms with Gasteiger partial charge in [-0.05, 0) is 0 Å². The van der Waals surface area contributed by atoms with Gasteiger partial charge in [0.15, 0.2) is 5.43 Å². The summed E-state index contributed by atoms with van der Waals surface area (Å²) in [5.74, 6) is -2.51. The number of carbonyl (C=O) groups is 2. The molecule has 2 rings (SSSR count). The summed E-state index contributed by atoms with van der Waals surface area (Å²) in [6.07, 6.45) is 4.21. The van der Waals surface area contributed by atoms with Crippen molar-refractivity contribution in [2.45, 2.75) is 0 Å². The van der Waals surface area contributed by atoms with Crippen LogP contribution in [0.2, 0.25) is 0 Å². The van der Waals surface area contributed by atoms with Crippen LogP contribution in [-0.2, 0) is 9.59 Å². The van der Waals surface area contributed by atoms with Crippen LogP contribution in [-0.4, -0.2) is 37.3 Å². The lowest BCUT2D eigenvalue weighted by molar-refractivity contribution is -0.134. The molecular formula is C10H9N3O5. The van der Waals surface area contributed by atoms with E-state index in [1.165, 1.54) is 12.3 Å². The van der Waals surface area contributed by atoms with E-state index in [0.29, 0.717) is 23.2 Å². The van der Waals surface area contributed by atoms with Crippen molar-refractivity contribution in [3.05, 3.63) is 40.8 Å². The standard InChI is InChI=1S/C6H5N3O.C4H4O4/c10-5-1-2-7-6-4(5)3-8-9-6;5-3(6)1-2-4(7)8/h1-3H,(H2,7,8,9,10);1-2H,(H,5,6)(H,7,8)/b;2-1+. The molecule has 8 nitrogen and oxygen atoms in total. The van der Waals surface area contributed by atoms with Crippen molar-refractivity contribution in [2.75, 3.05) is 0 Å². The molecule has 0 unspecified atom stereocenters. The average molecular weight is 251 g/mol. The zero-order chi connectivity index (χ0) is 13.5. The number of hydrogen-bond acceptors (Lipinski definition) is 4. The number of carboxylic acid groups (broad SMARTS) is 2. The number of H-pyrrole nitrogens is 2. The van der Waals surface area contributed by atoms with Crippen LogP contribution < -0.4 is 5.43 Å². The third kappa shape index (κ3) is 3.93. The minimum atomic E-state index is -1.26. The maximum absolute atomic E-state index is 11.0. The molecule has 0 atom stereocenters. The number of aromatic amines is 2. The van der Waals surface area contributed by atoms with Crippen LogP contribution in [0, 0.1) is 0 Å². The van der Waals surface area contributed by atoms with Gasteiger partial charge < -0.3 is 15.2 Å². The van der Waals surface area contributed by atoms with Crippen molar-refractivity contribution in [1.29, 1.82) is 0 Å². The number of aromatic nitrogens is 3. The van der Waals surface area contributed by atoms with Crippen LogP contribution in [0.3, 0.4) is 0 Å². The van der Waals surface area contributed by atoms with E-state index in [4.69, 9.17) is 10.2 Å². The highest BCUT2D eigenvalue weighted by atomic mass is 16.4. The Balaban J connectivity index is 0.000000187. The van der Waals surface area contributed by atoms with E-state index in [0.717, 1.165) is 0 Å². The van der Waals surface area contributed by atoms with E-state index < -0.39 is 11.9 Å². The van der Waals surface area contributed by atoms with Gasteiger partial charge in [-0.3, -0.25) is 9.89 Å². The van der Waals surface area contributed by atoms with Crippen molar-refractivity contribution in [2.24, 2.45) is 0 Å². The SMILES string of the molecule is O=C(O)/C=C/C(=O)O.O=c1cc[nH]c2[nH]ncc12. The largest absolute Gasteiger partial charge is 0.478 e. The van der Waals surface area contributed by atoms with Crippen LogP contribution in [0.1, 0.15) is 0 Å². The van der Waals surface area contributed by atoms with E-state index in [1.54, 1.807) is 6.20 Å². The van der Waals surface area contributed by atoms with Crippen LogP contribution in [0.4, 0.5) is 0 Å². The minimum Gasteiger partial charge on any atom is -0.478 e. The second-order valence-corrected chi connectivity index (χ2v) is 3.01. The van der Waals surface area contributed by atoms with E-state index in [1.807, 2.05) is 0 Å². The van der Waals surface area contributed by atoms with Gasteiger partial charge in [-0.25, -0.2) is 9.59 Å². The minimum absolute atomic E-state index is 0.0116.